The second-order valence-corrected chi connectivity index (χ2v) is 7.06. The van der Waals surface area contributed by atoms with Crippen LogP contribution in [0, 0.1) is 0 Å². The molecule has 0 saturated heterocycles. The zero-order valence-corrected chi connectivity index (χ0v) is 13.8. The lowest BCUT2D eigenvalue weighted by Crippen LogP contribution is -2.13. The van der Waals surface area contributed by atoms with E-state index in [2.05, 4.69) is 4.40 Å². The quantitative estimate of drug-likeness (QED) is 0.727. The lowest BCUT2D eigenvalue weighted by Gasteiger charge is -2.10. The summed E-state index contributed by atoms with van der Waals surface area (Å²) >= 11 is 22.9. The van der Waals surface area contributed by atoms with Crippen LogP contribution >= 0.6 is 46.4 Å². The van der Waals surface area contributed by atoms with E-state index in [1.54, 1.807) is 0 Å². The number of benzene rings is 1. The fourth-order valence-electron chi connectivity index (χ4n) is 1.42. The van der Waals surface area contributed by atoms with Gasteiger partial charge in [-0.1, -0.05) is 46.4 Å². The summed E-state index contributed by atoms with van der Waals surface area (Å²) in [5.41, 5.74) is -0.207. The molecule has 0 saturated carbocycles. The van der Waals surface area contributed by atoms with Gasteiger partial charge in [0.25, 0.3) is 10.0 Å². The fourth-order valence-corrected chi connectivity index (χ4v) is 3.21. The molecule has 4 nitrogen and oxygen atoms in total. The van der Waals surface area contributed by atoms with E-state index < -0.39 is 15.8 Å². The van der Waals surface area contributed by atoms with Crippen molar-refractivity contribution in [3.8, 4) is 0 Å². The molecule has 1 aromatic carbocycles. The van der Waals surface area contributed by atoms with Gasteiger partial charge in [0.2, 0.25) is 5.78 Å². The molecule has 0 amide bonds. The molecule has 0 spiro atoms. The van der Waals surface area contributed by atoms with Gasteiger partial charge in [0.05, 0.1) is 20.7 Å². The van der Waals surface area contributed by atoms with Crippen LogP contribution in [0.2, 0.25) is 5.02 Å². The van der Waals surface area contributed by atoms with E-state index >= 15 is 0 Å². The second kappa shape index (κ2) is 6.10. The van der Waals surface area contributed by atoms with E-state index in [0.717, 1.165) is 6.08 Å². The minimum Gasteiger partial charge on any atom is -0.287 e. The van der Waals surface area contributed by atoms with Crippen LogP contribution in [0.25, 0.3) is 0 Å². The first-order valence-corrected chi connectivity index (χ1v) is 8.25. The monoisotopic (exact) mass is 383 g/mol. The van der Waals surface area contributed by atoms with Crippen molar-refractivity contribution in [2.75, 3.05) is 0 Å². The van der Waals surface area contributed by atoms with Crippen molar-refractivity contribution < 1.29 is 13.2 Å². The molecule has 1 aliphatic carbocycles. The van der Waals surface area contributed by atoms with E-state index in [4.69, 9.17) is 46.4 Å². The predicted octanol–water partition coefficient (Wildman–Crippen LogP) is 3.86. The Labute approximate surface area is 140 Å². The van der Waals surface area contributed by atoms with Crippen molar-refractivity contribution in [2.24, 2.45) is 4.40 Å². The molecule has 0 atom stereocenters. The molecular weight excluding hydrogens is 380 g/mol. The first-order valence-electron chi connectivity index (χ1n) is 5.30. The third-order valence-electron chi connectivity index (χ3n) is 2.43. The second-order valence-electron chi connectivity index (χ2n) is 3.85. The summed E-state index contributed by atoms with van der Waals surface area (Å²) in [7, 11) is -4.04. The van der Waals surface area contributed by atoms with Gasteiger partial charge in [0.15, 0.2) is 0 Å². The van der Waals surface area contributed by atoms with Crippen LogP contribution in [0.5, 0.6) is 0 Å². The average Bonchev–Trinajstić information content (AvgIpc) is 2.42. The summed E-state index contributed by atoms with van der Waals surface area (Å²) < 4.78 is 27.8. The normalized spacial score (nSPS) is 18.2. The van der Waals surface area contributed by atoms with Crippen LogP contribution in [0.15, 0.2) is 54.7 Å². The first kappa shape index (κ1) is 16.5. The number of carbonyl (C=O) groups is 1. The maximum absolute atomic E-state index is 12.1. The van der Waals surface area contributed by atoms with Gasteiger partial charge >= 0.3 is 0 Å². The van der Waals surface area contributed by atoms with Gasteiger partial charge in [-0.25, -0.2) is 0 Å². The first-order chi connectivity index (χ1) is 9.72. The lowest BCUT2D eigenvalue weighted by atomic mass is 10.1. The van der Waals surface area contributed by atoms with Crippen molar-refractivity contribution in [3.63, 3.8) is 0 Å². The summed E-state index contributed by atoms with van der Waals surface area (Å²) in [5.74, 6) is -0.689. The Kier molecular flexibility index (Phi) is 4.80. The van der Waals surface area contributed by atoms with Crippen molar-refractivity contribution in [2.45, 2.75) is 4.90 Å². The maximum atomic E-state index is 12.1. The minimum atomic E-state index is -4.04. The van der Waals surface area contributed by atoms with Gasteiger partial charge in [-0.05, 0) is 30.3 Å². The zero-order valence-electron chi connectivity index (χ0n) is 9.98. The van der Waals surface area contributed by atoms with E-state index in [1.807, 2.05) is 0 Å². The number of sulfonamides is 1. The third-order valence-corrected chi connectivity index (χ3v) is 5.10. The largest absolute Gasteiger partial charge is 0.287 e. The number of hydrogen-bond donors (Lipinski definition) is 0. The highest BCUT2D eigenvalue weighted by molar-refractivity contribution is 7.90. The number of hydrogen-bond acceptors (Lipinski definition) is 3. The fraction of sp³-hybridized carbons (Fsp3) is 0. The summed E-state index contributed by atoms with van der Waals surface area (Å²) in [5, 5.41) is -0.541. The summed E-state index contributed by atoms with van der Waals surface area (Å²) in [4.78, 5) is 11.4. The maximum Gasteiger partial charge on any atom is 0.282 e. The smallest absolute Gasteiger partial charge is 0.282 e. The highest BCUT2D eigenvalue weighted by Gasteiger charge is 2.26. The van der Waals surface area contributed by atoms with Gasteiger partial charge in [-0.3, -0.25) is 4.79 Å². The van der Waals surface area contributed by atoms with E-state index in [0.29, 0.717) is 5.02 Å². The molecule has 21 heavy (non-hydrogen) atoms. The molecule has 0 aliphatic heterocycles. The standard InChI is InChI=1S/C12H5Cl4NO3S/c13-6-1-3-7(4-2-6)21(19,20)17-9-5-8(14)12(18)11(16)10(9)15/h1-5H/b17-9-. The molecule has 9 heteroatoms. The van der Waals surface area contributed by atoms with Crippen molar-refractivity contribution in [1.29, 1.82) is 0 Å². The van der Waals surface area contributed by atoms with E-state index in [-0.39, 0.29) is 25.7 Å². The number of rotatable bonds is 2. The predicted molar refractivity (Wildman–Crippen MR) is 83.7 cm³/mol. The van der Waals surface area contributed by atoms with Gasteiger partial charge in [0, 0.05) is 5.02 Å². The Balaban J connectivity index is 2.52. The third kappa shape index (κ3) is 3.49. The van der Waals surface area contributed by atoms with Gasteiger partial charge in [0.1, 0.15) is 5.03 Å². The lowest BCUT2D eigenvalue weighted by molar-refractivity contribution is -0.111. The highest BCUT2D eigenvalue weighted by atomic mass is 35.5. The Bertz CT molecular complexity index is 807. The van der Waals surface area contributed by atoms with Gasteiger partial charge in [-0.2, -0.15) is 12.8 Å². The number of Topliss-reactive ketones (excluding diaryl/α,β-unsaturated/α-hetero) is 1. The van der Waals surface area contributed by atoms with Crippen molar-refractivity contribution in [1.82, 2.24) is 0 Å². The number of carbonyl (C=O) groups excluding carboxylic acids is 1. The van der Waals surface area contributed by atoms with Crippen LogP contribution in [-0.2, 0) is 14.8 Å². The van der Waals surface area contributed by atoms with Crippen molar-refractivity contribution in [3.05, 3.63) is 50.5 Å². The van der Waals surface area contributed by atoms with Crippen molar-refractivity contribution >= 4 is 67.9 Å². The molecule has 0 bridgehead atoms. The molecule has 0 fully saturated rings. The molecular formula is C12H5Cl4NO3S. The Morgan fingerprint density at radius 2 is 1.48 bits per heavy atom. The SMILES string of the molecule is O=C1C(Cl)=C/C(=N/S(=O)(=O)c2ccc(Cl)cc2)C(Cl)=C1Cl. The molecule has 0 radical (unpaired) electrons. The van der Waals surface area contributed by atoms with Crippen LogP contribution in [0.1, 0.15) is 0 Å². The highest BCUT2D eigenvalue weighted by Crippen LogP contribution is 2.28. The molecule has 2 rings (SSSR count). The number of halogens is 4. The minimum absolute atomic E-state index is 0.0820. The van der Waals surface area contributed by atoms with Crippen LogP contribution in [0.3, 0.4) is 0 Å². The van der Waals surface area contributed by atoms with E-state index in [1.165, 1.54) is 24.3 Å². The summed E-state index contributed by atoms with van der Waals surface area (Å²) in [6, 6.07) is 5.40. The average molecular weight is 385 g/mol. The number of nitrogens with zero attached hydrogens (tertiary/aromatic N) is 1. The number of allylic oxidation sites excluding steroid dienone is 4. The molecule has 1 aromatic rings. The van der Waals surface area contributed by atoms with Crippen LogP contribution in [-0.4, -0.2) is 19.9 Å². The molecule has 0 aromatic heterocycles. The van der Waals surface area contributed by atoms with Gasteiger partial charge in [-0.15, -0.1) is 0 Å². The van der Waals surface area contributed by atoms with Crippen LogP contribution < -0.4 is 0 Å². The molecule has 110 valence electrons. The Morgan fingerprint density at radius 1 is 0.905 bits per heavy atom. The zero-order chi connectivity index (χ0) is 15.8. The molecule has 0 N–H and O–H groups in total. The van der Waals surface area contributed by atoms with Crippen LogP contribution in [0.4, 0.5) is 0 Å². The van der Waals surface area contributed by atoms with Gasteiger partial charge < -0.3 is 0 Å². The Hall–Kier alpha value is -0.850. The molecule has 0 unspecified atom stereocenters. The molecule has 1 aliphatic rings. The number of ketones is 1. The summed E-state index contributed by atoms with van der Waals surface area (Å²) in [6.07, 6.45) is 1.05. The molecule has 0 heterocycles. The topological polar surface area (TPSA) is 63.6 Å². The summed E-state index contributed by atoms with van der Waals surface area (Å²) in [6.45, 7) is 0. The van der Waals surface area contributed by atoms with E-state index in [9.17, 15) is 13.2 Å². The Morgan fingerprint density at radius 3 is 2.05 bits per heavy atom.